The maximum atomic E-state index is 11.9. The Kier molecular flexibility index (Phi) is 6.21. The summed E-state index contributed by atoms with van der Waals surface area (Å²) in [6.45, 7) is -0.149. The Morgan fingerprint density at radius 1 is 1.30 bits per heavy atom. The highest BCUT2D eigenvalue weighted by molar-refractivity contribution is 5.80. The average molecular weight is 297 g/mol. The highest BCUT2D eigenvalue weighted by Gasteiger charge is 2.28. The standard InChI is InChI=1S/C11H18F3N3O3/c12-11(13,14)3-6-20-7-9(18)17-4-1-8(2-5-17)10(19)16-15/h8H,1-7,15H2,(H,16,19). The number of rotatable bonds is 5. The van der Waals surface area contributed by atoms with Crippen LogP contribution in [0.15, 0.2) is 0 Å². The maximum absolute atomic E-state index is 11.9. The Labute approximate surface area is 114 Å². The lowest BCUT2D eigenvalue weighted by Gasteiger charge is -2.31. The fourth-order valence-corrected chi connectivity index (χ4v) is 1.95. The third kappa shape index (κ3) is 5.74. The second-order valence-corrected chi connectivity index (χ2v) is 4.58. The fourth-order valence-electron chi connectivity index (χ4n) is 1.95. The summed E-state index contributed by atoms with van der Waals surface area (Å²) < 4.78 is 40.3. The molecule has 1 saturated heterocycles. The molecule has 0 unspecified atom stereocenters. The number of halogens is 3. The zero-order valence-electron chi connectivity index (χ0n) is 10.9. The van der Waals surface area contributed by atoms with E-state index in [9.17, 15) is 22.8 Å². The van der Waals surface area contributed by atoms with Crippen molar-refractivity contribution in [2.45, 2.75) is 25.4 Å². The molecule has 0 aliphatic carbocycles. The number of likely N-dealkylation sites (tertiary alicyclic amines) is 1. The van der Waals surface area contributed by atoms with E-state index in [2.05, 4.69) is 5.43 Å². The van der Waals surface area contributed by atoms with Gasteiger partial charge in [-0.1, -0.05) is 0 Å². The number of piperidine rings is 1. The van der Waals surface area contributed by atoms with Crippen molar-refractivity contribution in [3.63, 3.8) is 0 Å². The second-order valence-electron chi connectivity index (χ2n) is 4.58. The number of nitrogens with zero attached hydrogens (tertiary/aromatic N) is 1. The number of hydrazine groups is 1. The van der Waals surface area contributed by atoms with Gasteiger partial charge in [-0.05, 0) is 12.8 Å². The first-order valence-corrected chi connectivity index (χ1v) is 6.26. The van der Waals surface area contributed by atoms with Gasteiger partial charge in [0.05, 0.1) is 13.0 Å². The van der Waals surface area contributed by atoms with Crippen LogP contribution in [-0.2, 0) is 14.3 Å². The molecule has 0 aromatic rings. The summed E-state index contributed by atoms with van der Waals surface area (Å²) in [5.41, 5.74) is 2.06. The molecule has 1 heterocycles. The molecule has 116 valence electrons. The molecule has 0 aromatic carbocycles. The minimum atomic E-state index is -4.28. The minimum Gasteiger partial charge on any atom is -0.371 e. The Hall–Kier alpha value is -1.35. The third-order valence-electron chi connectivity index (χ3n) is 3.12. The van der Waals surface area contributed by atoms with E-state index in [-0.39, 0.29) is 24.3 Å². The molecule has 6 nitrogen and oxygen atoms in total. The summed E-state index contributed by atoms with van der Waals surface area (Å²) in [5.74, 6) is 4.17. The van der Waals surface area contributed by atoms with Crippen LogP contribution in [0.1, 0.15) is 19.3 Å². The number of hydrogen-bond acceptors (Lipinski definition) is 4. The van der Waals surface area contributed by atoms with E-state index in [0.29, 0.717) is 25.9 Å². The molecule has 0 radical (unpaired) electrons. The number of nitrogens with one attached hydrogen (secondary N) is 1. The highest BCUT2D eigenvalue weighted by atomic mass is 19.4. The van der Waals surface area contributed by atoms with Gasteiger partial charge in [-0.25, -0.2) is 5.84 Å². The first-order valence-electron chi connectivity index (χ1n) is 6.26. The largest absolute Gasteiger partial charge is 0.391 e. The zero-order valence-corrected chi connectivity index (χ0v) is 10.9. The van der Waals surface area contributed by atoms with Gasteiger partial charge in [0.25, 0.3) is 0 Å². The molecule has 0 saturated carbocycles. The fraction of sp³-hybridized carbons (Fsp3) is 0.818. The molecule has 1 rings (SSSR count). The van der Waals surface area contributed by atoms with Crippen molar-refractivity contribution in [1.29, 1.82) is 0 Å². The molecular formula is C11H18F3N3O3. The predicted octanol–water partition coefficient (Wildman–Crippen LogP) is 0.184. The van der Waals surface area contributed by atoms with Gasteiger partial charge in [-0.2, -0.15) is 13.2 Å². The average Bonchev–Trinajstić information content (AvgIpc) is 2.41. The molecule has 2 amide bonds. The molecular weight excluding hydrogens is 279 g/mol. The lowest BCUT2D eigenvalue weighted by Crippen LogP contribution is -2.45. The normalized spacial score (nSPS) is 17.1. The van der Waals surface area contributed by atoms with Crippen LogP contribution >= 0.6 is 0 Å². The molecule has 0 atom stereocenters. The number of hydrogen-bond donors (Lipinski definition) is 2. The van der Waals surface area contributed by atoms with Gasteiger partial charge in [0.2, 0.25) is 11.8 Å². The SMILES string of the molecule is NNC(=O)C1CCN(C(=O)COCCC(F)(F)F)CC1. The maximum Gasteiger partial charge on any atom is 0.391 e. The van der Waals surface area contributed by atoms with Gasteiger partial charge in [-0.15, -0.1) is 0 Å². The summed E-state index contributed by atoms with van der Waals surface area (Å²) in [5, 5.41) is 0. The summed E-state index contributed by atoms with van der Waals surface area (Å²) in [4.78, 5) is 24.4. The number of ether oxygens (including phenoxy) is 1. The van der Waals surface area contributed by atoms with Crippen LogP contribution in [0.5, 0.6) is 0 Å². The lowest BCUT2D eigenvalue weighted by molar-refractivity contribution is -0.152. The summed E-state index contributed by atoms with van der Waals surface area (Å²) in [6, 6.07) is 0. The van der Waals surface area contributed by atoms with Crippen molar-refractivity contribution in [2.75, 3.05) is 26.3 Å². The van der Waals surface area contributed by atoms with Crippen LogP contribution in [-0.4, -0.2) is 49.2 Å². The zero-order chi connectivity index (χ0) is 15.2. The van der Waals surface area contributed by atoms with Crippen LogP contribution in [0, 0.1) is 5.92 Å². The first-order chi connectivity index (χ1) is 9.33. The van der Waals surface area contributed by atoms with Crippen molar-refractivity contribution in [3.8, 4) is 0 Å². The Morgan fingerprint density at radius 3 is 2.40 bits per heavy atom. The molecule has 3 N–H and O–H groups in total. The van der Waals surface area contributed by atoms with Crippen molar-refractivity contribution < 1.29 is 27.5 Å². The van der Waals surface area contributed by atoms with E-state index in [1.807, 2.05) is 0 Å². The lowest BCUT2D eigenvalue weighted by atomic mass is 9.96. The minimum absolute atomic E-state index is 0.227. The Morgan fingerprint density at radius 2 is 1.90 bits per heavy atom. The van der Waals surface area contributed by atoms with E-state index in [1.54, 1.807) is 0 Å². The van der Waals surface area contributed by atoms with E-state index < -0.39 is 19.2 Å². The Bertz CT molecular complexity index is 342. The van der Waals surface area contributed by atoms with Crippen LogP contribution in [0.3, 0.4) is 0 Å². The molecule has 1 aliphatic rings. The van der Waals surface area contributed by atoms with Crippen LogP contribution in [0.2, 0.25) is 0 Å². The van der Waals surface area contributed by atoms with Crippen molar-refractivity contribution in [2.24, 2.45) is 11.8 Å². The molecule has 0 bridgehead atoms. The van der Waals surface area contributed by atoms with Gasteiger partial charge in [0.1, 0.15) is 6.61 Å². The monoisotopic (exact) mass is 297 g/mol. The quantitative estimate of drug-likeness (QED) is 0.328. The Balaban J connectivity index is 2.21. The van der Waals surface area contributed by atoms with E-state index in [1.165, 1.54) is 4.90 Å². The smallest absolute Gasteiger partial charge is 0.371 e. The molecule has 1 fully saturated rings. The molecule has 0 aromatic heterocycles. The van der Waals surface area contributed by atoms with Crippen molar-refractivity contribution in [1.82, 2.24) is 10.3 Å². The van der Waals surface area contributed by atoms with Gasteiger partial charge in [-0.3, -0.25) is 15.0 Å². The molecule has 9 heteroatoms. The topological polar surface area (TPSA) is 84.7 Å². The number of nitrogens with two attached hydrogens (primary N) is 1. The first kappa shape index (κ1) is 16.7. The summed E-state index contributed by atoms with van der Waals surface area (Å²) in [7, 11) is 0. The number of carbonyl (C=O) groups is 2. The van der Waals surface area contributed by atoms with E-state index >= 15 is 0 Å². The van der Waals surface area contributed by atoms with E-state index in [0.717, 1.165) is 0 Å². The van der Waals surface area contributed by atoms with Gasteiger partial charge in [0.15, 0.2) is 0 Å². The number of amides is 2. The van der Waals surface area contributed by atoms with Gasteiger partial charge >= 0.3 is 6.18 Å². The number of carbonyl (C=O) groups excluding carboxylic acids is 2. The number of alkyl halides is 3. The van der Waals surface area contributed by atoms with Gasteiger partial charge < -0.3 is 9.64 Å². The predicted molar refractivity (Wildman–Crippen MR) is 63.1 cm³/mol. The van der Waals surface area contributed by atoms with Crippen LogP contribution in [0.25, 0.3) is 0 Å². The highest BCUT2D eigenvalue weighted by Crippen LogP contribution is 2.19. The van der Waals surface area contributed by atoms with Crippen LogP contribution in [0.4, 0.5) is 13.2 Å². The molecule has 1 aliphatic heterocycles. The third-order valence-corrected chi connectivity index (χ3v) is 3.12. The summed E-state index contributed by atoms with van der Waals surface area (Å²) >= 11 is 0. The second kappa shape index (κ2) is 7.44. The van der Waals surface area contributed by atoms with Crippen LogP contribution < -0.4 is 11.3 Å². The van der Waals surface area contributed by atoms with Gasteiger partial charge in [0, 0.05) is 19.0 Å². The van der Waals surface area contributed by atoms with E-state index in [4.69, 9.17) is 10.6 Å². The molecule has 20 heavy (non-hydrogen) atoms. The van der Waals surface area contributed by atoms with Crippen molar-refractivity contribution in [3.05, 3.63) is 0 Å². The summed E-state index contributed by atoms with van der Waals surface area (Å²) in [6.07, 6.45) is -4.38. The van der Waals surface area contributed by atoms with Crippen molar-refractivity contribution >= 4 is 11.8 Å². The molecule has 0 spiro atoms.